The summed E-state index contributed by atoms with van der Waals surface area (Å²) in [7, 11) is 0. The molecule has 0 bridgehead atoms. The molecular weight excluding hydrogens is 172 g/mol. The SMILES string of the molecule is CC(C)C1CC(=O)CCC1(C)C(C)C. The predicted molar refractivity (Wildman–Crippen MR) is 60.1 cm³/mol. The second kappa shape index (κ2) is 4.04. The molecule has 1 nitrogen and oxygen atoms in total. The van der Waals surface area contributed by atoms with Crippen molar-refractivity contribution in [3.05, 3.63) is 0 Å². The fourth-order valence-corrected chi connectivity index (χ4v) is 2.89. The van der Waals surface area contributed by atoms with Crippen LogP contribution in [-0.4, -0.2) is 5.78 Å². The van der Waals surface area contributed by atoms with Gasteiger partial charge in [0.1, 0.15) is 5.78 Å². The van der Waals surface area contributed by atoms with Crippen molar-refractivity contribution in [1.82, 2.24) is 0 Å². The highest BCUT2D eigenvalue weighted by atomic mass is 16.1. The van der Waals surface area contributed by atoms with Gasteiger partial charge in [0, 0.05) is 12.8 Å². The zero-order valence-corrected chi connectivity index (χ0v) is 10.3. The minimum Gasteiger partial charge on any atom is -0.300 e. The molecule has 1 rings (SSSR count). The summed E-state index contributed by atoms with van der Waals surface area (Å²) in [4.78, 5) is 11.5. The quantitative estimate of drug-likeness (QED) is 0.658. The molecule has 0 radical (unpaired) electrons. The maximum absolute atomic E-state index is 11.5. The van der Waals surface area contributed by atoms with Gasteiger partial charge in [-0.15, -0.1) is 0 Å². The molecule has 1 fully saturated rings. The van der Waals surface area contributed by atoms with Gasteiger partial charge in [0.2, 0.25) is 0 Å². The van der Waals surface area contributed by atoms with Crippen LogP contribution in [0.25, 0.3) is 0 Å². The average molecular weight is 196 g/mol. The lowest BCUT2D eigenvalue weighted by Gasteiger charge is -2.46. The molecular formula is C13H24O. The van der Waals surface area contributed by atoms with Gasteiger partial charge in [-0.1, -0.05) is 34.6 Å². The molecule has 2 atom stereocenters. The van der Waals surface area contributed by atoms with Crippen molar-refractivity contribution in [2.45, 2.75) is 53.9 Å². The number of Topliss-reactive ketones (excluding diaryl/α,β-unsaturated/α-hetero) is 1. The number of carbonyl (C=O) groups is 1. The van der Waals surface area contributed by atoms with Crippen LogP contribution in [0.1, 0.15) is 53.9 Å². The van der Waals surface area contributed by atoms with Crippen LogP contribution in [0.2, 0.25) is 0 Å². The van der Waals surface area contributed by atoms with Crippen molar-refractivity contribution in [3.63, 3.8) is 0 Å². The van der Waals surface area contributed by atoms with Crippen molar-refractivity contribution in [1.29, 1.82) is 0 Å². The Morgan fingerprint density at radius 1 is 1.29 bits per heavy atom. The molecule has 1 heteroatoms. The van der Waals surface area contributed by atoms with Gasteiger partial charge < -0.3 is 0 Å². The van der Waals surface area contributed by atoms with Crippen LogP contribution >= 0.6 is 0 Å². The summed E-state index contributed by atoms with van der Waals surface area (Å²) in [6.07, 6.45) is 2.70. The normalized spacial score (nSPS) is 34.2. The highest BCUT2D eigenvalue weighted by Crippen LogP contribution is 2.48. The van der Waals surface area contributed by atoms with Crippen LogP contribution in [0, 0.1) is 23.2 Å². The number of hydrogen-bond donors (Lipinski definition) is 0. The minimum absolute atomic E-state index is 0.377. The van der Waals surface area contributed by atoms with E-state index in [0.29, 0.717) is 29.0 Å². The molecule has 0 heterocycles. The van der Waals surface area contributed by atoms with Crippen LogP contribution in [0.3, 0.4) is 0 Å². The molecule has 0 N–H and O–H groups in total. The van der Waals surface area contributed by atoms with E-state index in [1.54, 1.807) is 0 Å². The van der Waals surface area contributed by atoms with E-state index in [0.717, 1.165) is 19.3 Å². The molecule has 0 amide bonds. The second-order valence-electron chi connectivity index (χ2n) is 5.75. The fraction of sp³-hybridized carbons (Fsp3) is 0.923. The van der Waals surface area contributed by atoms with Gasteiger partial charge in [-0.2, -0.15) is 0 Å². The zero-order chi connectivity index (χ0) is 10.9. The number of rotatable bonds is 2. The Kier molecular flexibility index (Phi) is 3.39. The summed E-state index contributed by atoms with van der Waals surface area (Å²) in [5.74, 6) is 2.38. The third-order valence-corrected chi connectivity index (χ3v) is 4.36. The Labute approximate surface area is 88.3 Å². The highest BCUT2D eigenvalue weighted by molar-refractivity contribution is 5.79. The van der Waals surface area contributed by atoms with Crippen LogP contribution in [-0.2, 0) is 4.79 Å². The van der Waals surface area contributed by atoms with Gasteiger partial charge >= 0.3 is 0 Å². The summed E-state index contributed by atoms with van der Waals surface area (Å²) < 4.78 is 0. The Morgan fingerprint density at radius 3 is 2.29 bits per heavy atom. The van der Waals surface area contributed by atoms with Gasteiger partial charge in [-0.3, -0.25) is 4.79 Å². The zero-order valence-electron chi connectivity index (χ0n) is 10.3. The largest absolute Gasteiger partial charge is 0.300 e. The third kappa shape index (κ3) is 2.02. The van der Waals surface area contributed by atoms with Gasteiger partial charge in [0.25, 0.3) is 0 Å². The molecule has 14 heavy (non-hydrogen) atoms. The Balaban J connectivity index is 2.87. The van der Waals surface area contributed by atoms with Gasteiger partial charge in [0.05, 0.1) is 0 Å². The lowest BCUT2D eigenvalue weighted by atomic mass is 9.58. The molecule has 0 saturated heterocycles. The fourth-order valence-electron chi connectivity index (χ4n) is 2.89. The molecule has 0 aromatic heterocycles. The number of carbonyl (C=O) groups excluding carboxylic acids is 1. The lowest BCUT2D eigenvalue weighted by Crippen LogP contribution is -2.41. The Morgan fingerprint density at radius 2 is 1.86 bits per heavy atom. The van der Waals surface area contributed by atoms with E-state index in [-0.39, 0.29) is 0 Å². The van der Waals surface area contributed by atoms with Crippen molar-refractivity contribution in [2.75, 3.05) is 0 Å². The first-order chi connectivity index (χ1) is 6.38. The topological polar surface area (TPSA) is 17.1 Å². The van der Waals surface area contributed by atoms with Gasteiger partial charge in [-0.25, -0.2) is 0 Å². The molecule has 1 aliphatic rings. The third-order valence-electron chi connectivity index (χ3n) is 4.36. The van der Waals surface area contributed by atoms with E-state index in [4.69, 9.17) is 0 Å². The minimum atomic E-state index is 0.377. The monoisotopic (exact) mass is 196 g/mol. The number of ketones is 1. The van der Waals surface area contributed by atoms with Crippen molar-refractivity contribution >= 4 is 5.78 Å². The van der Waals surface area contributed by atoms with Crippen molar-refractivity contribution in [3.8, 4) is 0 Å². The smallest absolute Gasteiger partial charge is 0.133 e. The average Bonchev–Trinajstić information content (AvgIpc) is 2.08. The van der Waals surface area contributed by atoms with E-state index in [1.165, 1.54) is 0 Å². The first-order valence-corrected chi connectivity index (χ1v) is 5.89. The molecule has 1 saturated carbocycles. The molecule has 0 aromatic carbocycles. The first kappa shape index (κ1) is 11.7. The number of hydrogen-bond acceptors (Lipinski definition) is 1. The van der Waals surface area contributed by atoms with Crippen molar-refractivity contribution < 1.29 is 4.79 Å². The Bertz CT molecular complexity index is 217. The summed E-state index contributed by atoms with van der Waals surface area (Å²) in [6, 6.07) is 0. The second-order valence-corrected chi connectivity index (χ2v) is 5.75. The molecule has 82 valence electrons. The predicted octanol–water partition coefficient (Wildman–Crippen LogP) is 3.67. The summed E-state index contributed by atoms with van der Waals surface area (Å²) in [5.41, 5.74) is 0.377. The van der Waals surface area contributed by atoms with E-state index in [1.807, 2.05) is 0 Å². The Hall–Kier alpha value is -0.330. The maximum atomic E-state index is 11.5. The van der Waals surface area contributed by atoms with Crippen molar-refractivity contribution in [2.24, 2.45) is 23.2 Å². The van der Waals surface area contributed by atoms with E-state index >= 15 is 0 Å². The van der Waals surface area contributed by atoms with E-state index in [2.05, 4.69) is 34.6 Å². The molecule has 0 spiro atoms. The van der Waals surface area contributed by atoms with Gasteiger partial charge in [0.15, 0.2) is 0 Å². The highest BCUT2D eigenvalue weighted by Gasteiger charge is 2.42. The molecule has 1 aliphatic carbocycles. The van der Waals surface area contributed by atoms with Crippen LogP contribution in [0.5, 0.6) is 0 Å². The summed E-state index contributed by atoms with van der Waals surface area (Å²) in [6.45, 7) is 11.5. The molecule has 0 aromatic rings. The van der Waals surface area contributed by atoms with E-state index < -0.39 is 0 Å². The molecule has 2 unspecified atom stereocenters. The summed E-state index contributed by atoms with van der Waals surface area (Å²) >= 11 is 0. The van der Waals surface area contributed by atoms with Crippen LogP contribution in [0.15, 0.2) is 0 Å². The standard InChI is InChI=1S/C13H24O/c1-9(2)12-8-11(14)6-7-13(12,5)10(3)4/h9-10,12H,6-8H2,1-5H3. The lowest BCUT2D eigenvalue weighted by molar-refractivity contribution is -0.127. The maximum Gasteiger partial charge on any atom is 0.133 e. The molecule has 0 aliphatic heterocycles. The summed E-state index contributed by atoms with van der Waals surface area (Å²) in [5, 5.41) is 0. The van der Waals surface area contributed by atoms with Crippen LogP contribution < -0.4 is 0 Å². The van der Waals surface area contributed by atoms with Crippen LogP contribution in [0.4, 0.5) is 0 Å². The first-order valence-electron chi connectivity index (χ1n) is 5.89. The van der Waals surface area contributed by atoms with E-state index in [9.17, 15) is 4.79 Å². The van der Waals surface area contributed by atoms with Gasteiger partial charge in [-0.05, 0) is 29.6 Å².